The Hall–Kier alpha value is -3.95. The molecule has 0 saturated heterocycles. The summed E-state index contributed by atoms with van der Waals surface area (Å²) in [5.41, 5.74) is 2.11. The van der Waals surface area contributed by atoms with Crippen LogP contribution in [-0.4, -0.2) is 34.7 Å². The van der Waals surface area contributed by atoms with Crippen molar-refractivity contribution in [2.75, 3.05) is 0 Å². The first kappa shape index (κ1) is 19.0. The summed E-state index contributed by atoms with van der Waals surface area (Å²) >= 11 is 0. The fourth-order valence-electron chi connectivity index (χ4n) is 3.55. The second-order valence-electron chi connectivity index (χ2n) is 6.85. The van der Waals surface area contributed by atoms with Crippen molar-refractivity contribution in [3.63, 3.8) is 0 Å². The Morgan fingerprint density at radius 2 is 1.90 bits per heavy atom. The first-order chi connectivity index (χ1) is 15.1. The van der Waals surface area contributed by atoms with Crippen LogP contribution in [0.25, 0.3) is 39.6 Å². The number of fused-ring (bicyclic) bond motifs is 1. The lowest BCUT2D eigenvalue weighted by Gasteiger charge is -2.09. The fraction of sp³-hybridized carbons (Fsp3) is 0.190. The standard InChI is InChI=1S/C21H17F2N7O/c1-3-29-16(9-10-24-29)15-11-14(21-27-26-12(2)31-21)17-18(19(22)23)28-30(20(17)25-15)13-7-5-4-6-8-13/h4-11,19H,3H2,1-2H3. The molecule has 0 fully saturated rings. The Balaban J connectivity index is 1.89. The molecule has 0 N–H and O–H groups in total. The normalized spacial score (nSPS) is 11.6. The van der Waals surface area contributed by atoms with Gasteiger partial charge in [-0.2, -0.15) is 10.2 Å². The Morgan fingerprint density at radius 1 is 1.10 bits per heavy atom. The summed E-state index contributed by atoms with van der Waals surface area (Å²) in [6.45, 7) is 4.22. The lowest BCUT2D eigenvalue weighted by atomic mass is 10.1. The third-order valence-electron chi connectivity index (χ3n) is 4.91. The number of aromatic nitrogens is 7. The Bertz CT molecular complexity index is 1370. The summed E-state index contributed by atoms with van der Waals surface area (Å²) in [6, 6.07) is 12.5. The zero-order valence-electron chi connectivity index (χ0n) is 16.7. The maximum absolute atomic E-state index is 14.0. The van der Waals surface area contributed by atoms with E-state index in [0.717, 1.165) is 5.69 Å². The van der Waals surface area contributed by atoms with Crippen LogP contribution < -0.4 is 0 Å². The molecule has 0 aliphatic heterocycles. The van der Waals surface area contributed by atoms with Gasteiger partial charge in [0.15, 0.2) is 5.65 Å². The number of halogens is 2. The summed E-state index contributed by atoms with van der Waals surface area (Å²) in [5, 5.41) is 16.6. The van der Waals surface area contributed by atoms with Crippen molar-refractivity contribution in [2.45, 2.75) is 26.8 Å². The van der Waals surface area contributed by atoms with Gasteiger partial charge in [0.25, 0.3) is 6.43 Å². The molecule has 0 atom stereocenters. The highest BCUT2D eigenvalue weighted by atomic mass is 19.3. The minimum atomic E-state index is -2.82. The predicted molar refractivity (Wildman–Crippen MR) is 109 cm³/mol. The second-order valence-corrected chi connectivity index (χ2v) is 6.85. The number of hydrogen-bond donors (Lipinski definition) is 0. The third kappa shape index (κ3) is 3.16. The minimum absolute atomic E-state index is 0.128. The van der Waals surface area contributed by atoms with Gasteiger partial charge in [-0.1, -0.05) is 18.2 Å². The van der Waals surface area contributed by atoms with E-state index >= 15 is 0 Å². The lowest BCUT2D eigenvalue weighted by molar-refractivity contribution is 0.147. The molecule has 0 radical (unpaired) electrons. The molecule has 10 heteroatoms. The predicted octanol–water partition coefficient (Wildman–Crippen LogP) is 4.60. The van der Waals surface area contributed by atoms with Crippen LogP contribution >= 0.6 is 0 Å². The van der Waals surface area contributed by atoms with Crippen LogP contribution in [0.15, 0.2) is 53.1 Å². The van der Waals surface area contributed by atoms with Crippen molar-refractivity contribution in [1.29, 1.82) is 0 Å². The van der Waals surface area contributed by atoms with E-state index in [2.05, 4.69) is 20.4 Å². The fourth-order valence-corrected chi connectivity index (χ4v) is 3.55. The smallest absolute Gasteiger partial charge is 0.282 e. The van der Waals surface area contributed by atoms with E-state index in [0.29, 0.717) is 29.4 Å². The van der Waals surface area contributed by atoms with Crippen LogP contribution in [-0.2, 0) is 6.54 Å². The molecule has 0 aliphatic carbocycles. The van der Waals surface area contributed by atoms with E-state index < -0.39 is 12.1 Å². The van der Waals surface area contributed by atoms with E-state index in [4.69, 9.17) is 9.40 Å². The average molecular weight is 421 g/mol. The van der Waals surface area contributed by atoms with Crippen molar-refractivity contribution in [3.8, 4) is 28.5 Å². The zero-order valence-corrected chi connectivity index (χ0v) is 16.7. The highest BCUT2D eigenvalue weighted by molar-refractivity contribution is 5.95. The van der Waals surface area contributed by atoms with E-state index in [1.165, 1.54) is 4.68 Å². The highest BCUT2D eigenvalue weighted by Gasteiger charge is 2.27. The Labute approximate surface area is 175 Å². The summed E-state index contributed by atoms with van der Waals surface area (Å²) in [7, 11) is 0. The van der Waals surface area contributed by atoms with Crippen molar-refractivity contribution >= 4 is 11.0 Å². The van der Waals surface area contributed by atoms with Gasteiger partial charge >= 0.3 is 0 Å². The van der Waals surface area contributed by atoms with Gasteiger partial charge < -0.3 is 4.42 Å². The van der Waals surface area contributed by atoms with Gasteiger partial charge in [-0.05, 0) is 31.2 Å². The van der Waals surface area contributed by atoms with Crippen LogP contribution in [0.5, 0.6) is 0 Å². The molecule has 0 unspecified atom stereocenters. The molecule has 0 spiro atoms. The molecular formula is C21H17F2N7O. The molecule has 4 heterocycles. The van der Waals surface area contributed by atoms with Gasteiger partial charge in [0.1, 0.15) is 5.69 Å². The molecule has 1 aromatic carbocycles. The molecule has 5 rings (SSSR count). The number of alkyl halides is 2. The topological polar surface area (TPSA) is 87.5 Å². The summed E-state index contributed by atoms with van der Waals surface area (Å²) < 4.78 is 36.9. The molecule has 31 heavy (non-hydrogen) atoms. The summed E-state index contributed by atoms with van der Waals surface area (Å²) in [6.07, 6.45) is -1.15. The van der Waals surface area contributed by atoms with Gasteiger partial charge in [0, 0.05) is 19.7 Å². The van der Waals surface area contributed by atoms with E-state index in [-0.39, 0.29) is 16.9 Å². The van der Waals surface area contributed by atoms with Crippen molar-refractivity contribution in [2.24, 2.45) is 0 Å². The number of nitrogens with zero attached hydrogens (tertiary/aromatic N) is 7. The first-order valence-electron chi connectivity index (χ1n) is 9.66. The number of pyridine rings is 1. The molecular weight excluding hydrogens is 404 g/mol. The van der Waals surface area contributed by atoms with E-state index in [1.54, 1.807) is 36.0 Å². The minimum Gasteiger partial charge on any atom is -0.421 e. The number of aryl methyl sites for hydroxylation is 2. The first-order valence-corrected chi connectivity index (χ1v) is 9.66. The van der Waals surface area contributed by atoms with E-state index in [9.17, 15) is 8.78 Å². The molecule has 0 bridgehead atoms. The number of benzene rings is 1. The highest BCUT2D eigenvalue weighted by Crippen LogP contribution is 2.37. The van der Waals surface area contributed by atoms with Crippen LogP contribution in [0.4, 0.5) is 8.78 Å². The Morgan fingerprint density at radius 3 is 2.58 bits per heavy atom. The number of hydrogen-bond acceptors (Lipinski definition) is 6. The molecule has 0 saturated carbocycles. The molecule has 4 aromatic heterocycles. The van der Waals surface area contributed by atoms with Crippen LogP contribution in [0.2, 0.25) is 0 Å². The summed E-state index contributed by atoms with van der Waals surface area (Å²) in [4.78, 5) is 4.72. The van der Waals surface area contributed by atoms with Crippen molar-refractivity contribution in [3.05, 3.63) is 60.2 Å². The van der Waals surface area contributed by atoms with Gasteiger partial charge in [-0.25, -0.2) is 18.4 Å². The molecule has 0 aliphatic rings. The van der Waals surface area contributed by atoms with Crippen molar-refractivity contribution in [1.82, 2.24) is 34.7 Å². The molecule has 8 nitrogen and oxygen atoms in total. The maximum atomic E-state index is 14.0. The summed E-state index contributed by atoms with van der Waals surface area (Å²) in [5.74, 6) is 0.456. The monoisotopic (exact) mass is 421 g/mol. The number of para-hydroxylation sites is 1. The van der Waals surface area contributed by atoms with Gasteiger partial charge in [0.2, 0.25) is 11.8 Å². The van der Waals surface area contributed by atoms with Gasteiger partial charge in [-0.15, -0.1) is 10.2 Å². The number of rotatable bonds is 5. The van der Waals surface area contributed by atoms with E-state index in [1.807, 2.05) is 31.2 Å². The van der Waals surface area contributed by atoms with Crippen molar-refractivity contribution < 1.29 is 13.2 Å². The molecule has 156 valence electrons. The molecule has 5 aromatic rings. The third-order valence-corrected chi connectivity index (χ3v) is 4.91. The van der Waals surface area contributed by atoms with Gasteiger partial charge in [-0.3, -0.25) is 4.68 Å². The quantitative estimate of drug-likeness (QED) is 0.412. The maximum Gasteiger partial charge on any atom is 0.282 e. The zero-order chi connectivity index (χ0) is 21.5. The largest absolute Gasteiger partial charge is 0.421 e. The second kappa shape index (κ2) is 7.38. The van der Waals surface area contributed by atoms with Crippen LogP contribution in [0.1, 0.15) is 24.9 Å². The lowest BCUT2D eigenvalue weighted by Crippen LogP contribution is -2.02. The van der Waals surface area contributed by atoms with Gasteiger partial charge in [0.05, 0.1) is 28.0 Å². The Kier molecular flexibility index (Phi) is 4.54. The molecule has 0 amide bonds. The van der Waals surface area contributed by atoms with Crippen LogP contribution in [0, 0.1) is 6.92 Å². The average Bonchev–Trinajstić information content (AvgIpc) is 3.51. The SMILES string of the molecule is CCn1nccc1-c1cc(-c2nnc(C)o2)c2c(C(F)F)nn(-c3ccccc3)c2n1. The van der Waals surface area contributed by atoms with Crippen LogP contribution in [0.3, 0.4) is 0 Å².